The van der Waals surface area contributed by atoms with Crippen LogP contribution < -0.4 is 24.7 Å². The Morgan fingerprint density at radius 3 is 2.10 bits per heavy atom. The van der Waals surface area contributed by atoms with Gasteiger partial charge in [0.15, 0.2) is 23.4 Å². The van der Waals surface area contributed by atoms with E-state index in [4.69, 9.17) is 29.9 Å². The van der Waals surface area contributed by atoms with Gasteiger partial charge >= 0.3 is 0 Å². The Labute approximate surface area is 117 Å². The van der Waals surface area contributed by atoms with Gasteiger partial charge in [-0.25, -0.2) is 0 Å². The van der Waals surface area contributed by atoms with Crippen LogP contribution in [0.1, 0.15) is 13.3 Å². The first-order valence-corrected chi connectivity index (χ1v) is 6.05. The van der Waals surface area contributed by atoms with Crippen molar-refractivity contribution >= 4 is 5.84 Å². The highest BCUT2D eigenvalue weighted by Gasteiger charge is 2.18. The van der Waals surface area contributed by atoms with Crippen LogP contribution in [0.4, 0.5) is 0 Å². The molecule has 0 amide bonds. The summed E-state index contributed by atoms with van der Waals surface area (Å²) < 4.78 is 21.3. The molecular weight excluding hydrogens is 264 g/mol. The van der Waals surface area contributed by atoms with Crippen molar-refractivity contribution in [1.29, 1.82) is 0 Å². The van der Waals surface area contributed by atoms with E-state index in [-0.39, 0.29) is 5.84 Å². The number of nitrogens with two attached hydrogens (primary N) is 1. The van der Waals surface area contributed by atoms with E-state index in [1.807, 2.05) is 6.92 Å². The van der Waals surface area contributed by atoms with Gasteiger partial charge in [0.05, 0.1) is 21.3 Å². The fourth-order valence-corrected chi connectivity index (χ4v) is 1.71. The lowest BCUT2D eigenvalue weighted by molar-refractivity contribution is 0.242. The minimum absolute atomic E-state index is 0.00116. The second kappa shape index (κ2) is 7.32. The molecule has 1 rings (SSSR count). The highest BCUT2D eigenvalue weighted by atomic mass is 16.5. The first-order valence-electron chi connectivity index (χ1n) is 6.05. The first kappa shape index (κ1) is 15.7. The summed E-state index contributed by atoms with van der Waals surface area (Å²) >= 11 is 0. The van der Waals surface area contributed by atoms with Gasteiger partial charge in [0.2, 0.25) is 5.75 Å². The molecule has 20 heavy (non-hydrogen) atoms. The van der Waals surface area contributed by atoms with Gasteiger partial charge in [0, 0.05) is 12.1 Å². The lowest BCUT2D eigenvalue weighted by atomic mass is 10.2. The molecule has 0 radical (unpaired) electrons. The van der Waals surface area contributed by atoms with E-state index in [1.165, 1.54) is 21.3 Å². The van der Waals surface area contributed by atoms with Crippen LogP contribution >= 0.6 is 0 Å². The molecule has 0 aliphatic carbocycles. The number of nitrogens with zero attached hydrogens (tertiary/aromatic N) is 1. The van der Waals surface area contributed by atoms with Crippen LogP contribution in [0.2, 0.25) is 0 Å². The van der Waals surface area contributed by atoms with E-state index >= 15 is 0 Å². The standard InChI is InChI=1S/C13H20N2O5/c1-5-9(13(14)15-16)20-8-6-10(17-2)12(19-4)11(7-8)18-3/h6-7,9,16H,5H2,1-4H3,(H2,14,15). The van der Waals surface area contributed by atoms with Crippen LogP contribution in [-0.2, 0) is 0 Å². The van der Waals surface area contributed by atoms with E-state index in [2.05, 4.69) is 5.16 Å². The van der Waals surface area contributed by atoms with E-state index in [0.717, 1.165) is 0 Å². The van der Waals surface area contributed by atoms with Crippen molar-refractivity contribution in [3.63, 3.8) is 0 Å². The van der Waals surface area contributed by atoms with Crippen LogP contribution in [-0.4, -0.2) is 38.5 Å². The maximum Gasteiger partial charge on any atom is 0.203 e. The molecule has 1 atom stereocenters. The molecule has 1 aromatic rings. The smallest absolute Gasteiger partial charge is 0.203 e. The second-order valence-electron chi connectivity index (χ2n) is 3.90. The third-order valence-corrected chi connectivity index (χ3v) is 2.73. The Morgan fingerprint density at radius 1 is 1.20 bits per heavy atom. The molecule has 0 heterocycles. The number of benzene rings is 1. The van der Waals surface area contributed by atoms with E-state index < -0.39 is 6.10 Å². The minimum Gasteiger partial charge on any atom is -0.493 e. The number of oxime groups is 1. The Morgan fingerprint density at radius 2 is 1.75 bits per heavy atom. The molecule has 0 bridgehead atoms. The van der Waals surface area contributed by atoms with Gasteiger partial charge < -0.3 is 29.9 Å². The van der Waals surface area contributed by atoms with Crippen molar-refractivity contribution in [2.45, 2.75) is 19.4 Å². The Hall–Kier alpha value is -2.31. The number of hydrogen-bond acceptors (Lipinski definition) is 6. The molecular formula is C13H20N2O5. The fourth-order valence-electron chi connectivity index (χ4n) is 1.71. The summed E-state index contributed by atoms with van der Waals surface area (Å²) in [4.78, 5) is 0. The lowest BCUT2D eigenvalue weighted by Crippen LogP contribution is -2.33. The van der Waals surface area contributed by atoms with Gasteiger partial charge in [0.25, 0.3) is 0 Å². The predicted molar refractivity (Wildman–Crippen MR) is 74.2 cm³/mol. The van der Waals surface area contributed by atoms with Gasteiger partial charge in [-0.1, -0.05) is 12.1 Å². The summed E-state index contributed by atoms with van der Waals surface area (Å²) in [5.41, 5.74) is 5.56. The molecule has 7 heteroatoms. The van der Waals surface area contributed by atoms with Crippen LogP contribution in [0.5, 0.6) is 23.0 Å². The van der Waals surface area contributed by atoms with E-state index in [9.17, 15) is 0 Å². The number of methoxy groups -OCH3 is 3. The van der Waals surface area contributed by atoms with Crippen molar-refractivity contribution in [2.75, 3.05) is 21.3 Å². The third kappa shape index (κ3) is 3.37. The van der Waals surface area contributed by atoms with Crippen molar-refractivity contribution in [1.82, 2.24) is 0 Å². The first-order chi connectivity index (χ1) is 9.60. The highest BCUT2D eigenvalue weighted by molar-refractivity contribution is 5.84. The summed E-state index contributed by atoms with van der Waals surface area (Å²) in [5.74, 6) is 1.88. The Balaban J connectivity index is 3.13. The average Bonchev–Trinajstić information content (AvgIpc) is 2.50. The number of ether oxygens (including phenoxy) is 4. The highest BCUT2D eigenvalue weighted by Crippen LogP contribution is 2.41. The molecule has 0 aliphatic heterocycles. The monoisotopic (exact) mass is 284 g/mol. The van der Waals surface area contributed by atoms with Crippen molar-refractivity contribution in [3.8, 4) is 23.0 Å². The van der Waals surface area contributed by atoms with Crippen molar-refractivity contribution in [2.24, 2.45) is 10.9 Å². The van der Waals surface area contributed by atoms with Gasteiger partial charge in [-0.15, -0.1) is 0 Å². The lowest BCUT2D eigenvalue weighted by Gasteiger charge is -2.18. The maximum atomic E-state index is 8.71. The predicted octanol–water partition coefficient (Wildman–Crippen LogP) is 1.62. The summed E-state index contributed by atoms with van der Waals surface area (Å²) in [5, 5.41) is 11.7. The van der Waals surface area contributed by atoms with E-state index in [0.29, 0.717) is 29.4 Å². The molecule has 0 aromatic heterocycles. The number of hydrogen-bond donors (Lipinski definition) is 2. The van der Waals surface area contributed by atoms with Gasteiger partial charge in [-0.3, -0.25) is 0 Å². The molecule has 0 aliphatic rings. The normalized spacial score (nSPS) is 12.7. The van der Waals surface area contributed by atoms with Crippen LogP contribution in [0.25, 0.3) is 0 Å². The zero-order chi connectivity index (χ0) is 15.1. The van der Waals surface area contributed by atoms with Gasteiger partial charge in [-0.05, 0) is 6.42 Å². The number of rotatable bonds is 7. The zero-order valence-electron chi connectivity index (χ0n) is 12.0. The molecule has 0 fully saturated rings. The van der Waals surface area contributed by atoms with Crippen LogP contribution in [0, 0.1) is 0 Å². The quantitative estimate of drug-likeness (QED) is 0.342. The van der Waals surface area contributed by atoms with Gasteiger partial charge in [0.1, 0.15) is 5.75 Å². The SMILES string of the molecule is CCC(Oc1cc(OC)c(OC)c(OC)c1)/C(N)=N/O. The molecule has 112 valence electrons. The summed E-state index contributed by atoms with van der Waals surface area (Å²) in [6.07, 6.45) is 0.00910. The molecule has 0 saturated heterocycles. The van der Waals surface area contributed by atoms with Crippen molar-refractivity contribution < 1.29 is 24.2 Å². The topological polar surface area (TPSA) is 95.5 Å². The molecule has 7 nitrogen and oxygen atoms in total. The molecule has 1 aromatic carbocycles. The largest absolute Gasteiger partial charge is 0.493 e. The molecule has 0 spiro atoms. The van der Waals surface area contributed by atoms with Crippen LogP contribution in [0.3, 0.4) is 0 Å². The zero-order valence-corrected chi connectivity index (χ0v) is 12.0. The third-order valence-electron chi connectivity index (χ3n) is 2.73. The number of amidine groups is 1. The minimum atomic E-state index is -0.539. The second-order valence-corrected chi connectivity index (χ2v) is 3.90. The molecule has 3 N–H and O–H groups in total. The summed E-state index contributed by atoms with van der Waals surface area (Å²) in [6, 6.07) is 3.29. The maximum absolute atomic E-state index is 8.71. The van der Waals surface area contributed by atoms with E-state index in [1.54, 1.807) is 12.1 Å². The fraction of sp³-hybridized carbons (Fsp3) is 0.462. The summed E-state index contributed by atoms with van der Waals surface area (Å²) in [6.45, 7) is 1.86. The average molecular weight is 284 g/mol. The molecule has 0 saturated carbocycles. The van der Waals surface area contributed by atoms with Gasteiger partial charge in [-0.2, -0.15) is 0 Å². The Kier molecular flexibility index (Phi) is 5.76. The summed E-state index contributed by atoms with van der Waals surface area (Å²) in [7, 11) is 4.55. The van der Waals surface area contributed by atoms with Crippen LogP contribution in [0.15, 0.2) is 17.3 Å². The Bertz CT molecular complexity index is 451. The van der Waals surface area contributed by atoms with Crippen molar-refractivity contribution in [3.05, 3.63) is 12.1 Å². The molecule has 1 unspecified atom stereocenters.